The van der Waals surface area contributed by atoms with Crippen LogP contribution in [0, 0.1) is 12.7 Å². The van der Waals surface area contributed by atoms with Crippen LogP contribution in [0.3, 0.4) is 0 Å². The Balaban J connectivity index is 1.80. The Morgan fingerprint density at radius 3 is 2.30 bits per heavy atom. The maximum absolute atomic E-state index is 14.8. The average molecular weight is 420 g/mol. The Kier molecular flexibility index (Phi) is 5.64. The highest BCUT2D eigenvalue weighted by atomic mass is 32.2. The molecular weight excluding hydrogens is 397 g/mol. The first-order chi connectivity index (χ1) is 14.5. The number of rotatable bonds is 5. The van der Waals surface area contributed by atoms with E-state index in [1.165, 1.54) is 11.0 Å². The first kappa shape index (κ1) is 20.2. The Labute approximate surface area is 179 Å². The number of amides is 1. The topological polar surface area (TPSA) is 40.5 Å². The van der Waals surface area contributed by atoms with Gasteiger partial charge in [0.1, 0.15) is 5.82 Å². The summed E-state index contributed by atoms with van der Waals surface area (Å²) in [6.07, 6.45) is 2.00. The first-order valence-electron chi connectivity index (χ1n) is 9.68. The van der Waals surface area contributed by atoms with E-state index in [4.69, 9.17) is 0 Å². The minimum atomic E-state index is -0.707. The van der Waals surface area contributed by atoms with Crippen molar-refractivity contribution in [2.24, 2.45) is 0 Å². The summed E-state index contributed by atoms with van der Waals surface area (Å²) in [7, 11) is 0. The van der Waals surface area contributed by atoms with Crippen LogP contribution in [0.15, 0.2) is 83.5 Å². The normalized spacial score (nSPS) is 16.4. The molecule has 3 aromatic rings. The van der Waals surface area contributed by atoms with Gasteiger partial charge in [-0.25, -0.2) is 4.39 Å². The number of nitrogens with zero attached hydrogens (tertiary/aromatic N) is 1. The number of aliphatic hydroxyl groups excluding tert-OH is 1. The third-order valence-electron chi connectivity index (χ3n) is 5.38. The number of carbonyl (C=O) groups is 1. The monoisotopic (exact) mass is 419 g/mol. The molecule has 3 nitrogen and oxygen atoms in total. The molecule has 0 fully saturated rings. The van der Waals surface area contributed by atoms with E-state index in [2.05, 4.69) is 0 Å². The molecule has 1 aliphatic heterocycles. The molecule has 1 atom stereocenters. The number of thioether (sulfide) groups is 1. The van der Waals surface area contributed by atoms with Crippen LogP contribution in [0.4, 0.5) is 4.39 Å². The molecule has 30 heavy (non-hydrogen) atoms. The fourth-order valence-electron chi connectivity index (χ4n) is 3.79. The molecule has 0 radical (unpaired) electrons. The standard InChI is InChI=1S/C25H22FNO2S/c1-16-7-11-18(12-8-16)22-23(20-5-3-4-6-21(20)26)27(25(29)24(22)28)15-17-9-13-19(30-2)14-10-17/h3-14,23,28H,15H2,1-2H3/t23-/m0/s1. The quantitative estimate of drug-likeness (QED) is 0.523. The Morgan fingerprint density at radius 1 is 1.00 bits per heavy atom. The van der Waals surface area contributed by atoms with Crippen LogP contribution in [0.2, 0.25) is 0 Å². The van der Waals surface area contributed by atoms with Crippen molar-refractivity contribution < 1.29 is 14.3 Å². The second kappa shape index (κ2) is 8.36. The molecular formula is C25H22FNO2S. The van der Waals surface area contributed by atoms with Gasteiger partial charge in [-0.05, 0) is 42.5 Å². The highest BCUT2D eigenvalue weighted by molar-refractivity contribution is 7.98. The SMILES string of the molecule is CSc1ccc(CN2C(=O)C(O)=C(c3ccc(C)cc3)[C@@H]2c2ccccc2F)cc1. The lowest BCUT2D eigenvalue weighted by Gasteiger charge is -2.28. The zero-order valence-corrected chi connectivity index (χ0v) is 17.6. The second-order valence-corrected chi connectivity index (χ2v) is 8.21. The van der Waals surface area contributed by atoms with E-state index in [-0.39, 0.29) is 12.3 Å². The molecule has 152 valence electrons. The number of benzene rings is 3. The van der Waals surface area contributed by atoms with Crippen LogP contribution in [0.1, 0.15) is 28.3 Å². The van der Waals surface area contributed by atoms with E-state index >= 15 is 0 Å². The zero-order chi connectivity index (χ0) is 21.3. The molecule has 0 saturated heterocycles. The first-order valence-corrected chi connectivity index (χ1v) is 10.9. The largest absolute Gasteiger partial charge is 0.503 e. The van der Waals surface area contributed by atoms with E-state index < -0.39 is 17.8 Å². The van der Waals surface area contributed by atoms with Crippen LogP contribution in [0.5, 0.6) is 0 Å². The van der Waals surface area contributed by atoms with E-state index in [1.807, 2.05) is 61.7 Å². The van der Waals surface area contributed by atoms with Gasteiger partial charge in [-0.2, -0.15) is 0 Å². The third kappa shape index (κ3) is 3.73. The van der Waals surface area contributed by atoms with Gasteiger partial charge in [0.05, 0.1) is 6.04 Å². The van der Waals surface area contributed by atoms with Crippen molar-refractivity contribution in [3.05, 3.63) is 107 Å². The van der Waals surface area contributed by atoms with Crippen molar-refractivity contribution in [3.63, 3.8) is 0 Å². The molecule has 1 amide bonds. The van der Waals surface area contributed by atoms with Crippen molar-refractivity contribution in [1.29, 1.82) is 0 Å². The number of hydrogen-bond donors (Lipinski definition) is 1. The summed E-state index contributed by atoms with van der Waals surface area (Å²) >= 11 is 1.64. The van der Waals surface area contributed by atoms with Crippen molar-refractivity contribution >= 4 is 23.2 Å². The predicted octanol–water partition coefficient (Wildman–Crippen LogP) is 5.91. The van der Waals surface area contributed by atoms with E-state index in [0.717, 1.165) is 16.0 Å². The maximum Gasteiger partial charge on any atom is 0.290 e. The number of carbonyl (C=O) groups excluding carboxylic acids is 1. The minimum Gasteiger partial charge on any atom is -0.503 e. The molecule has 1 heterocycles. The average Bonchev–Trinajstić information content (AvgIpc) is 3.00. The third-order valence-corrected chi connectivity index (χ3v) is 6.12. The van der Waals surface area contributed by atoms with Crippen molar-refractivity contribution in [3.8, 4) is 0 Å². The lowest BCUT2D eigenvalue weighted by atomic mass is 9.92. The van der Waals surface area contributed by atoms with Gasteiger partial charge in [-0.15, -0.1) is 11.8 Å². The zero-order valence-electron chi connectivity index (χ0n) is 16.8. The molecule has 4 rings (SSSR count). The molecule has 0 aliphatic carbocycles. The van der Waals surface area contributed by atoms with E-state index in [9.17, 15) is 14.3 Å². The maximum atomic E-state index is 14.8. The highest BCUT2D eigenvalue weighted by Crippen LogP contribution is 2.44. The Hall–Kier alpha value is -3.05. The highest BCUT2D eigenvalue weighted by Gasteiger charge is 2.42. The lowest BCUT2D eigenvalue weighted by molar-refractivity contribution is -0.130. The van der Waals surface area contributed by atoms with Crippen LogP contribution in [0.25, 0.3) is 5.57 Å². The summed E-state index contributed by atoms with van der Waals surface area (Å²) in [6, 6.07) is 21.2. The van der Waals surface area contributed by atoms with Crippen LogP contribution in [-0.4, -0.2) is 22.2 Å². The van der Waals surface area contributed by atoms with Crippen LogP contribution >= 0.6 is 11.8 Å². The smallest absolute Gasteiger partial charge is 0.290 e. The van der Waals surface area contributed by atoms with Crippen LogP contribution < -0.4 is 0 Å². The van der Waals surface area contributed by atoms with Crippen LogP contribution in [-0.2, 0) is 11.3 Å². The summed E-state index contributed by atoms with van der Waals surface area (Å²) in [5.74, 6) is -1.22. The molecule has 1 aliphatic rings. The predicted molar refractivity (Wildman–Crippen MR) is 119 cm³/mol. The van der Waals surface area contributed by atoms with Crippen molar-refractivity contribution in [2.75, 3.05) is 6.26 Å². The summed E-state index contributed by atoms with van der Waals surface area (Å²) in [6.45, 7) is 2.24. The van der Waals surface area contributed by atoms with Gasteiger partial charge < -0.3 is 10.0 Å². The summed E-state index contributed by atoms with van der Waals surface area (Å²) in [5.41, 5.74) is 3.49. The number of halogens is 1. The molecule has 5 heteroatoms. The van der Waals surface area contributed by atoms with Gasteiger partial charge in [0.15, 0.2) is 5.76 Å². The molecule has 0 unspecified atom stereocenters. The fraction of sp³-hybridized carbons (Fsp3) is 0.160. The summed E-state index contributed by atoms with van der Waals surface area (Å²) < 4.78 is 14.8. The minimum absolute atomic E-state index is 0.270. The number of aryl methyl sites for hydroxylation is 1. The molecule has 3 aromatic carbocycles. The Morgan fingerprint density at radius 2 is 1.67 bits per heavy atom. The molecule has 1 N–H and O–H groups in total. The molecule has 0 spiro atoms. The molecule has 0 saturated carbocycles. The van der Waals surface area contributed by atoms with Gasteiger partial charge in [-0.3, -0.25) is 4.79 Å². The van der Waals surface area contributed by atoms with Gasteiger partial charge in [0.2, 0.25) is 0 Å². The summed E-state index contributed by atoms with van der Waals surface area (Å²) in [5, 5.41) is 10.8. The molecule has 0 aromatic heterocycles. The van der Waals surface area contributed by atoms with Gasteiger partial charge in [-0.1, -0.05) is 60.2 Å². The molecule has 0 bridgehead atoms. The fourth-order valence-corrected chi connectivity index (χ4v) is 4.20. The van der Waals surface area contributed by atoms with E-state index in [0.29, 0.717) is 16.7 Å². The number of hydrogen-bond acceptors (Lipinski definition) is 3. The van der Waals surface area contributed by atoms with Gasteiger partial charge in [0, 0.05) is 22.6 Å². The Bertz CT molecular complexity index is 1110. The van der Waals surface area contributed by atoms with Crippen molar-refractivity contribution in [1.82, 2.24) is 4.90 Å². The summed E-state index contributed by atoms with van der Waals surface area (Å²) in [4.78, 5) is 15.7. The number of aliphatic hydroxyl groups is 1. The lowest BCUT2D eigenvalue weighted by Crippen LogP contribution is -2.30. The van der Waals surface area contributed by atoms with E-state index in [1.54, 1.807) is 30.0 Å². The second-order valence-electron chi connectivity index (χ2n) is 7.33. The van der Waals surface area contributed by atoms with Gasteiger partial charge >= 0.3 is 0 Å². The van der Waals surface area contributed by atoms with Gasteiger partial charge in [0.25, 0.3) is 5.91 Å². The van der Waals surface area contributed by atoms with Crippen molar-refractivity contribution in [2.45, 2.75) is 24.4 Å².